The highest BCUT2D eigenvalue weighted by Crippen LogP contribution is 2.45. The number of fused-ring (bicyclic) bond motifs is 3. The molecule has 0 unspecified atom stereocenters. The zero-order valence-electron chi connectivity index (χ0n) is 31.5. The zero-order valence-corrected chi connectivity index (χ0v) is 32.5. The van der Waals surface area contributed by atoms with Crippen molar-refractivity contribution in [3.05, 3.63) is 243 Å². The summed E-state index contributed by atoms with van der Waals surface area (Å²) in [5.41, 5.74) is 11.8. The summed E-state index contributed by atoms with van der Waals surface area (Å²) in [6.45, 7) is 0. The molecule has 0 amide bonds. The van der Waals surface area contributed by atoms with Gasteiger partial charge in [0.25, 0.3) is 0 Å². The molecule has 0 atom stereocenters. The molecule has 1 heterocycles. The fourth-order valence-electron chi connectivity index (χ4n) is 9.03. The first kappa shape index (κ1) is 34.3. The predicted molar refractivity (Wildman–Crippen MR) is 244 cm³/mol. The third kappa shape index (κ3) is 5.79. The molecule has 57 heavy (non-hydrogen) atoms. The van der Waals surface area contributed by atoms with Crippen molar-refractivity contribution in [2.75, 3.05) is 9.80 Å². The van der Waals surface area contributed by atoms with E-state index >= 15 is 0 Å². The molecule has 0 saturated carbocycles. The second-order valence-electron chi connectivity index (χ2n) is 14.4. The van der Waals surface area contributed by atoms with Gasteiger partial charge in [-0.05, 0) is 92.0 Å². The average Bonchev–Trinajstić information content (AvgIpc) is 3.61. The molecule has 0 aliphatic carbocycles. The standard InChI is InChI=1S/C54H40N2Si/c1-7-23-41(24-8-1)47-35-19-20-38-50(47)56(44-29-13-4-14-30-44)52-40-22-37-49-48-36-21-39-51(55(42-25-9-2-10-26-42)43-27-11-3-12-28-43)53(48)57(54(49)52,45-31-15-5-16-32-45)46-33-17-6-18-34-46/h1-40H. The van der Waals surface area contributed by atoms with Gasteiger partial charge in [0.05, 0.1) is 5.69 Å². The second-order valence-corrected chi connectivity index (χ2v) is 18.1. The molecule has 0 saturated heterocycles. The van der Waals surface area contributed by atoms with Crippen molar-refractivity contribution in [1.82, 2.24) is 0 Å². The Labute approximate surface area is 336 Å². The Balaban J connectivity index is 1.36. The third-order valence-electron chi connectivity index (χ3n) is 11.3. The van der Waals surface area contributed by atoms with E-state index in [2.05, 4.69) is 252 Å². The molecule has 9 aromatic rings. The lowest BCUT2D eigenvalue weighted by Crippen LogP contribution is -2.73. The van der Waals surface area contributed by atoms with Crippen molar-refractivity contribution in [2.45, 2.75) is 0 Å². The Morgan fingerprint density at radius 3 is 1.05 bits per heavy atom. The fourth-order valence-corrected chi connectivity index (χ4v) is 14.6. The summed E-state index contributed by atoms with van der Waals surface area (Å²) < 4.78 is 0. The van der Waals surface area contributed by atoms with E-state index in [1.54, 1.807) is 0 Å². The summed E-state index contributed by atoms with van der Waals surface area (Å²) in [5.74, 6) is 0. The van der Waals surface area contributed by atoms with Gasteiger partial charge in [0.1, 0.15) is 0 Å². The molecule has 0 bridgehead atoms. The van der Waals surface area contributed by atoms with E-state index in [0.29, 0.717) is 0 Å². The highest BCUT2D eigenvalue weighted by molar-refractivity contribution is 7.23. The Morgan fingerprint density at radius 1 is 0.246 bits per heavy atom. The van der Waals surface area contributed by atoms with E-state index in [-0.39, 0.29) is 0 Å². The minimum Gasteiger partial charge on any atom is -0.311 e. The molecular formula is C54H40N2Si. The summed E-state index contributed by atoms with van der Waals surface area (Å²) in [5, 5.41) is 5.47. The van der Waals surface area contributed by atoms with Crippen LogP contribution >= 0.6 is 0 Å². The molecule has 270 valence electrons. The quantitative estimate of drug-likeness (QED) is 0.136. The number of anilines is 6. The third-order valence-corrected chi connectivity index (χ3v) is 16.2. The van der Waals surface area contributed by atoms with Gasteiger partial charge in [-0.2, -0.15) is 0 Å². The SMILES string of the molecule is c1ccc(-c2ccccc2N(c2ccccc2)c2cccc3c2[Si](c2ccccc2)(c2ccccc2)c2c-3cccc2N(c2ccccc2)c2ccccc2)cc1. The van der Waals surface area contributed by atoms with Crippen molar-refractivity contribution in [3.8, 4) is 22.3 Å². The highest BCUT2D eigenvalue weighted by atomic mass is 28.3. The summed E-state index contributed by atoms with van der Waals surface area (Å²) >= 11 is 0. The van der Waals surface area contributed by atoms with Crippen molar-refractivity contribution >= 4 is 62.9 Å². The minimum atomic E-state index is -3.15. The molecule has 0 aromatic heterocycles. The second kappa shape index (κ2) is 14.8. The van der Waals surface area contributed by atoms with Crippen molar-refractivity contribution in [2.24, 2.45) is 0 Å². The number of para-hydroxylation sites is 4. The lowest BCUT2D eigenvalue weighted by Gasteiger charge is -2.38. The minimum absolute atomic E-state index is 1.12. The monoisotopic (exact) mass is 744 g/mol. The van der Waals surface area contributed by atoms with Gasteiger partial charge >= 0.3 is 0 Å². The van der Waals surface area contributed by atoms with Crippen LogP contribution in [0.3, 0.4) is 0 Å². The number of benzene rings is 9. The smallest absolute Gasteiger partial charge is 0.185 e. The van der Waals surface area contributed by atoms with Crippen LogP contribution in [-0.2, 0) is 0 Å². The number of rotatable bonds is 9. The van der Waals surface area contributed by atoms with Crippen LogP contribution in [0.25, 0.3) is 22.3 Å². The maximum absolute atomic E-state index is 3.15. The van der Waals surface area contributed by atoms with Crippen molar-refractivity contribution in [1.29, 1.82) is 0 Å². The van der Waals surface area contributed by atoms with E-state index < -0.39 is 8.07 Å². The first-order valence-electron chi connectivity index (χ1n) is 19.6. The first-order valence-corrected chi connectivity index (χ1v) is 21.6. The van der Waals surface area contributed by atoms with Crippen LogP contribution in [0, 0.1) is 0 Å². The highest BCUT2D eigenvalue weighted by Gasteiger charge is 2.53. The predicted octanol–water partition coefficient (Wildman–Crippen LogP) is 11.7. The molecule has 0 fully saturated rings. The Bertz CT molecular complexity index is 2700. The van der Waals surface area contributed by atoms with Gasteiger partial charge in [-0.3, -0.25) is 0 Å². The summed E-state index contributed by atoms with van der Waals surface area (Å²) in [6, 6.07) is 88.9. The van der Waals surface area contributed by atoms with Gasteiger partial charge in [-0.25, -0.2) is 0 Å². The maximum atomic E-state index is 2.52. The number of hydrogen-bond acceptors (Lipinski definition) is 2. The normalized spacial score (nSPS) is 12.4. The van der Waals surface area contributed by atoms with E-state index in [0.717, 1.165) is 22.7 Å². The van der Waals surface area contributed by atoms with Crippen LogP contribution in [0.2, 0.25) is 0 Å². The van der Waals surface area contributed by atoms with Crippen LogP contribution in [-0.4, -0.2) is 8.07 Å². The summed E-state index contributed by atoms with van der Waals surface area (Å²) in [4.78, 5) is 4.99. The lowest BCUT2D eigenvalue weighted by molar-refractivity contribution is 1.29. The number of nitrogens with zero attached hydrogens (tertiary/aromatic N) is 2. The van der Waals surface area contributed by atoms with Crippen LogP contribution in [0.15, 0.2) is 243 Å². The molecule has 2 nitrogen and oxygen atoms in total. The van der Waals surface area contributed by atoms with Gasteiger partial charge in [-0.15, -0.1) is 0 Å². The Morgan fingerprint density at radius 2 is 0.579 bits per heavy atom. The van der Waals surface area contributed by atoms with Gasteiger partial charge in [-0.1, -0.05) is 188 Å². The summed E-state index contributed by atoms with van der Waals surface area (Å²) in [6.07, 6.45) is 0. The molecule has 1 aliphatic heterocycles. The van der Waals surface area contributed by atoms with Crippen LogP contribution in [0.1, 0.15) is 0 Å². The lowest BCUT2D eigenvalue weighted by atomic mass is 10.0. The topological polar surface area (TPSA) is 6.48 Å². The van der Waals surface area contributed by atoms with E-state index in [1.807, 2.05) is 0 Å². The molecular weight excluding hydrogens is 705 g/mol. The van der Waals surface area contributed by atoms with Gasteiger partial charge in [0.15, 0.2) is 8.07 Å². The molecule has 10 rings (SSSR count). The molecule has 0 radical (unpaired) electrons. The first-order chi connectivity index (χ1) is 28.3. The Hall–Kier alpha value is -7.20. The fraction of sp³-hybridized carbons (Fsp3) is 0. The molecule has 9 aromatic carbocycles. The van der Waals surface area contributed by atoms with E-state index in [4.69, 9.17) is 0 Å². The Kier molecular flexibility index (Phi) is 8.90. The van der Waals surface area contributed by atoms with Crippen LogP contribution in [0.4, 0.5) is 34.1 Å². The molecule has 0 N–H and O–H groups in total. The maximum Gasteiger partial charge on any atom is 0.185 e. The van der Waals surface area contributed by atoms with E-state index in [1.165, 1.54) is 54.4 Å². The largest absolute Gasteiger partial charge is 0.311 e. The molecule has 1 aliphatic rings. The summed E-state index contributed by atoms with van der Waals surface area (Å²) in [7, 11) is -3.15. The number of hydrogen-bond donors (Lipinski definition) is 0. The van der Waals surface area contributed by atoms with Crippen molar-refractivity contribution in [3.63, 3.8) is 0 Å². The average molecular weight is 745 g/mol. The van der Waals surface area contributed by atoms with Crippen LogP contribution < -0.4 is 30.5 Å². The van der Waals surface area contributed by atoms with Gasteiger partial charge < -0.3 is 9.80 Å². The van der Waals surface area contributed by atoms with Gasteiger partial charge in [0, 0.05) is 34.0 Å². The molecule has 3 heteroatoms. The van der Waals surface area contributed by atoms with Crippen LogP contribution in [0.5, 0.6) is 0 Å². The van der Waals surface area contributed by atoms with Gasteiger partial charge in [0.2, 0.25) is 0 Å². The zero-order chi connectivity index (χ0) is 38.0. The van der Waals surface area contributed by atoms with Crippen molar-refractivity contribution < 1.29 is 0 Å². The van der Waals surface area contributed by atoms with E-state index in [9.17, 15) is 0 Å². The molecule has 0 spiro atoms.